The van der Waals surface area contributed by atoms with Crippen molar-refractivity contribution in [1.82, 2.24) is 14.5 Å². The molecule has 2 aromatic rings. The number of aliphatic carboxylic acids is 1. The molecule has 0 aliphatic heterocycles. The molecule has 1 aromatic carbocycles. The minimum atomic E-state index is -5.08. The van der Waals surface area contributed by atoms with E-state index < -0.39 is 12.1 Å². The summed E-state index contributed by atoms with van der Waals surface area (Å²) in [5.41, 5.74) is 8.31. The number of halogens is 3. The van der Waals surface area contributed by atoms with Crippen LogP contribution >= 0.6 is 0 Å². The molecule has 2 rings (SSSR count). The van der Waals surface area contributed by atoms with Gasteiger partial charge in [0.05, 0.1) is 23.7 Å². The minimum absolute atomic E-state index is 0.640. The number of carboxylic acid groups (broad SMARTS) is 1. The summed E-state index contributed by atoms with van der Waals surface area (Å²) in [5.74, 6) is -2.76. The molecule has 0 bridgehead atoms. The number of nitriles is 1. The summed E-state index contributed by atoms with van der Waals surface area (Å²) < 4.78 is 33.8. The summed E-state index contributed by atoms with van der Waals surface area (Å²) in [6, 6.07) is 9.58. The number of benzene rings is 1. The number of alkyl halides is 3. The third-order valence-corrected chi connectivity index (χ3v) is 3.17. The van der Waals surface area contributed by atoms with Crippen molar-refractivity contribution in [2.45, 2.75) is 12.7 Å². The predicted octanol–water partition coefficient (Wildman–Crippen LogP) is 1.77. The van der Waals surface area contributed by atoms with E-state index in [0.29, 0.717) is 12.1 Å². The smallest absolute Gasteiger partial charge is 0.475 e. The molecule has 1 aromatic heterocycles. The highest BCUT2D eigenvalue weighted by Gasteiger charge is 2.38. The monoisotopic (exact) mass is 369 g/mol. The normalized spacial score (nSPS) is 10.8. The molecule has 7 nitrogen and oxygen atoms in total. The molecule has 0 unspecified atom stereocenters. The van der Waals surface area contributed by atoms with Crippen LogP contribution in [0.25, 0.3) is 5.69 Å². The van der Waals surface area contributed by atoms with Crippen LogP contribution in [0.15, 0.2) is 36.8 Å². The maximum Gasteiger partial charge on any atom is 0.490 e. The molecule has 0 aliphatic carbocycles. The Hall–Kier alpha value is -2.90. The highest BCUT2D eigenvalue weighted by molar-refractivity contribution is 5.73. The van der Waals surface area contributed by atoms with Gasteiger partial charge in [0.1, 0.15) is 0 Å². The molecule has 0 aliphatic rings. The predicted molar refractivity (Wildman–Crippen MR) is 87.4 cm³/mol. The molecule has 0 saturated carbocycles. The first kappa shape index (κ1) is 21.1. The van der Waals surface area contributed by atoms with E-state index in [2.05, 4.69) is 16.0 Å². The van der Waals surface area contributed by atoms with Crippen LogP contribution in [0.2, 0.25) is 0 Å². The lowest BCUT2D eigenvalue weighted by Crippen LogP contribution is -2.25. The Morgan fingerprint density at radius 3 is 2.42 bits per heavy atom. The van der Waals surface area contributed by atoms with Gasteiger partial charge < -0.3 is 15.4 Å². The van der Waals surface area contributed by atoms with Crippen LogP contribution < -0.4 is 5.73 Å². The molecule has 140 valence electrons. The van der Waals surface area contributed by atoms with Crippen LogP contribution in [0.5, 0.6) is 0 Å². The van der Waals surface area contributed by atoms with E-state index in [1.807, 2.05) is 42.1 Å². The first-order chi connectivity index (χ1) is 12.2. The van der Waals surface area contributed by atoms with Gasteiger partial charge in [-0.25, -0.2) is 9.78 Å². The van der Waals surface area contributed by atoms with Gasteiger partial charge in [0.2, 0.25) is 0 Å². The lowest BCUT2D eigenvalue weighted by atomic mass is 10.2. The summed E-state index contributed by atoms with van der Waals surface area (Å²) in [4.78, 5) is 15.2. The van der Waals surface area contributed by atoms with Gasteiger partial charge in [0.25, 0.3) is 0 Å². The largest absolute Gasteiger partial charge is 0.490 e. The first-order valence-corrected chi connectivity index (χ1v) is 7.39. The fraction of sp³-hybridized carbons (Fsp3) is 0.312. The van der Waals surface area contributed by atoms with Crippen molar-refractivity contribution in [3.05, 3.63) is 48.0 Å². The van der Waals surface area contributed by atoms with E-state index in [-0.39, 0.29) is 0 Å². The Labute approximate surface area is 148 Å². The van der Waals surface area contributed by atoms with E-state index >= 15 is 0 Å². The Bertz CT molecular complexity index is 750. The van der Waals surface area contributed by atoms with Gasteiger partial charge in [-0.15, -0.1) is 0 Å². The Morgan fingerprint density at radius 1 is 1.38 bits per heavy atom. The average Bonchev–Trinajstić information content (AvgIpc) is 3.03. The van der Waals surface area contributed by atoms with Gasteiger partial charge >= 0.3 is 12.1 Å². The van der Waals surface area contributed by atoms with Gasteiger partial charge in [0.15, 0.2) is 0 Å². The summed E-state index contributed by atoms with van der Waals surface area (Å²) >= 11 is 0. The molecule has 10 heteroatoms. The summed E-state index contributed by atoms with van der Waals surface area (Å²) in [6.07, 6.45) is -1.45. The van der Waals surface area contributed by atoms with E-state index in [9.17, 15) is 13.2 Å². The fourth-order valence-corrected chi connectivity index (χ4v) is 1.94. The van der Waals surface area contributed by atoms with Crippen molar-refractivity contribution < 1.29 is 23.1 Å². The van der Waals surface area contributed by atoms with Crippen molar-refractivity contribution in [2.75, 3.05) is 20.1 Å². The molecule has 0 fully saturated rings. The molecule has 0 radical (unpaired) electrons. The molecule has 26 heavy (non-hydrogen) atoms. The van der Waals surface area contributed by atoms with Crippen molar-refractivity contribution in [3.8, 4) is 11.8 Å². The zero-order chi connectivity index (χ0) is 19.7. The zero-order valence-electron chi connectivity index (χ0n) is 13.9. The number of hydrogen-bond acceptors (Lipinski definition) is 5. The number of likely N-dealkylation sites (N-methyl/N-ethyl adjacent to an activating group) is 1. The van der Waals surface area contributed by atoms with E-state index in [1.165, 1.54) is 0 Å². The number of carbonyl (C=O) groups is 1. The van der Waals surface area contributed by atoms with Crippen LogP contribution in [0.3, 0.4) is 0 Å². The molecule has 0 atom stereocenters. The van der Waals surface area contributed by atoms with Crippen molar-refractivity contribution >= 4 is 5.97 Å². The number of rotatable bonds is 5. The number of nitrogens with two attached hydrogens (primary N) is 1. The van der Waals surface area contributed by atoms with Crippen molar-refractivity contribution in [3.63, 3.8) is 0 Å². The molecule has 0 saturated heterocycles. The number of carboxylic acids is 1. The summed E-state index contributed by atoms with van der Waals surface area (Å²) in [6.45, 7) is 2.28. The van der Waals surface area contributed by atoms with Gasteiger partial charge in [-0.3, -0.25) is 4.90 Å². The van der Waals surface area contributed by atoms with Gasteiger partial charge in [-0.05, 0) is 31.3 Å². The topological polar surface area (TPSA) is 108 Å². The first-order valence-electron chi connectivity index (χ1n) is 7.39. The summed E-state index contributed by atoms with van der Waals surface area (Å²) in [5, 5.41) is 15.9. The zero-order valence-corrected chi connectivity index (χ0v) is 13.9. The van der Waals surface area contributed by atoms with Crippen LogP contribution in [-0.4, -0.2) is 51.8 Å². The number of imidazole rings is 1. The van der Waals surface area contributed by atoms with Gasteiger partial charge in [-0.2, -0.15) is 18.4 Å². The molecular weight excluding hydrogens is 351 g/mol. The van der Waals surface area contributed by atoms with Crippen LogP contribution in [0.4, 0.5) is 13.2 Å². The second kappa shape index (κ2) is 9.55. The minimum Gasteiger partial charge on any atom is -0.475 e. The number of hydrogen-bond donors (Lipinski definition) is 2. The molecule has 0 spiro atoms. The number of aromatic nitrogens is 2. The highest BCUT2D eigenvalue weighted by Crippen LogP contribution is 2.14. The fourth-order valence-electron chi connectivity index (χ4n) is 1.94. The maximum atomic E-state index is 10.6. The lowest BCUT2D eigenvalue weighted by molar-refractivity contribution is -0.192. The quantitative estimate of drug-likeness (QED) is 0.832. The SMILES string of the molecule is CN(CCN)Cc1cncn1-c1ccc(C#N)cc1.O=C(O)C(F)(F)F. The van der Waals surface area contributed by atoms with Gasteiger partial charge in [0, 0.05) is 31.5 Å². The maximum absolute atomic E-state index is 10.6. The van der Waals surface area contributed by atoms with Crippen LogP contribution in [-0.2, 0) is 11.3 Å². The second-order valence-corrected chi connectivity index (χ2v) is 5.24. The Balaban J connectivity index is 0.000000412. The van der Waals surface area contributed by atoms with Crippen LogP contribution in [0, 0.1) is 11.3 Å². The average molecular weight is 369 g/mol. The van der Waals surface area contributed by atoms with Crippen molar-refractivity contribution in [1.29, 1.82) is 5.26 Å². The van der Waals surface area contributed by atoms with Crippen molar-refractivity contribution in [2.24, 2.45) is 5.73 Å². The highest BCUT2D eigenvalue weighted by atomic mass is 19.4. The third kappa shape index (κ3) is 6.54. The summed E-state index contributed by atoms with van der Waals surface area (Å²) in [7, 11) is 2.03. The molecular formula is C16H18F3N5O2. The third-order valence-electron chi connectivity index (χ3n) is 3.17. The Morgan fingerprint density at radius 2 is 1.96 bits per heavy atom. The van der Waals surface area contributed by atoms with Crippen LogP contribution in [0.1, 0.15) is 11.3 Å². The Kier molecular flexibility index (Phi) is 7.77. The molecule has 3 N–H and O–H groups in total. The van der Waals surface area contributed by atoms with E-state index in [0.717, 1.165) is 24.5 Å². The lowest BCUT2D eigenvalue weighted by Gasteiger charge is -2.16. The molecule has 0 amide bonds. The second-order valence-electron chi connectivity index (χ2n) is 5.24. The van der Waals surface area contributed by atoms with Gasteiger partial charge in [-0.1, -0.05) is 0 Å². The number of nitrogens with zero attached hydrogens (tertiary/aromatic N) is 4. The van der Waals surface area contributed by atoms with E-state index in [1.54, 1.807) is 6.33 Å². The van der Waals surface area contributed by atoms with E-state index in [4.69, 9.17) is 20.9 Å². The molecule has 1 heterocycles. The standard InChI is InChI=1S/C14H17N5.C2HF3O2/c1-18(7-6-15)10-14-9-17-11-19(14)13-4-2-12(8-16)3-5-13;3-2(4,5)1(6)7/h2-5,9,11H,6-7,10,15H2,1H3;(H,6,7).